The zero-order valence-electron chi connectivity index (χ0n) is 36.0. The molecular weight excluding hydrogens is 843 g/mol. The van der Waals surface area contributed by atoms with Crippen molar-refractivity contribution >= 4 is 42.8 Å². The summed E-state index contributed by atoms with van der Waals surface area (Å²) >= 11 is 0. The zero-order chi connectivity index (χ0) is 44.7. The van der Waals surface area contributed by atoms with Crippen molar-refractivity contribution in [3.05, 3.63) is 116 Å². The van der Waals surface area contributed by atoms with E-state index in [-0.39, 0.29) is 9.79 Å². The molecule has 3 aromatic heterocycles. The van der Waals surface area contributed by atoms with Crippen LogP contribution in [0.25, 0.3) is 22.8 Å². The van der Waals surface area contributed by atoms with E-state index in [1.165, 1.54) is 26.5 Å². The first kappa shape index (κ1) is 44.8. The Balaban J connectivity index is 0.000000189. The summed E-state index contributed by atoms with van der Waals surface area (Å²) in [7, 11) is -4.63. The van der Waals surface area contributed by atoms with E-state index in [4.69, 9.17) is 13.9 Å². The summed E-state index contributed by atoms with van der Waals surface area (Å²) in [5.74, 6) is 2.02. The van der Waals surface area contributed by atoms with E-state index in [1.807, 2.05) is 24.3 Å². The van der Waals surface area contributed by atoms with Gasteiger partial charge in [-0.2, -0.15) is 0 Å². The molecule has 0 amide bonds. The maximum atomic E-state index is 13.1. The Labute approximate surface area is 369 Å². The molecule has 0 radical (unpaired) electrons. The van der Waals surface area contributed by atoms with Gasteiger partial charge in [-0.15, -0.1) is 0 Å². The van der Waals surface area contributed by atoms with Gasteiger partial charge in [-0.05, 0) is 119 Å². The summed E-state index contributed by atoms with van der Waals surface area (Å²) in [4.78, 5) is 17.3. The summed E-state index contributed by atoms with van der Waals surface area (Å²) < 4.78 is 73.6. The molecule has 2 fully saturated rings. The van der Waals surface area contributed by atoms with E-state index >= 15 is 0 Å². The van der Waals surface area contributed by atoms with Crippen LogP contribution in [-0.2, 0) is 20.0 Å². The van der Waals surface area contributed by atoms with E-state index in [0.29, 0.717) is 64.3 Å². The highest BCUT2D eigenvalue weighted by atomic mass is 32.2. The molecule has 2 aliphatic heterocycles. The number of ether oxygens (including phenoxy) is 2. The van der Waals surface area contributed by atoms with Gasteiger partial charge in [0.05, 0.1) is 36.8 Å². The number of benzene rings is 3. The Morgan fingerprint density at radius 3 is 1.56 bits per heavy atom. The minimum atomic E-state index is -3.85. The molecule has 0 aliphatic carbocycles. The SMILES string of the molecule is COc1ccc(N2C[C@@H](C)N[C@@H](C)C2)cc1NS(=O)(=O)c1ccc(-c2ccco2)nc1.COc1ccc(N2C[C@@H](C)N[C@@H](C)C2)cc1NS(=O)(=O)c1ccc(-c2ncccn2)cc1. The lowest BCUT2D eigenvalue weighted by Gasteiger charge is -2.38. The average molecular weight is 896 g/mol. The van der Waals surface area contributed by atoms with E-state index in [1.54, 1.807) is 79.3 Å². The van der Waals surface area contributed by atoms with Crippen LogP contribution in [0.3, 0.4) is 0 Å². The normalized spacial score (nSPS) is 19.1. The summed E-state index contributed by atoms with van der Waals surface area (Å²) in [6.45, 7) is 11.9. The Bertz CT molecular complexity index is 2650. The van der Waals surface area contributed by atoms with Crippen molar-refractivity contribution in [3.63, 3.8) is 0 Å². The van der Waals surface area contributed by atoms with Gasteiger partial charge >= 0.3 is 0 Å². The zero-order valence-corrected chi connectivity index (χ0v) is 37.7. The fourth-order valence-corrected chi connectivity index (χ4v) is 9.83. The molecule has 18 heteroatoms. The molecule has 63 heavy (non-hydrogen) atoms. The fourth-order valence-electron chi connectivity index (χ4n) is 7.77. The monoisotopic (exact) mass is 895 g/mol. The third kappa shape index (κ3) is 11.1. The maximum Gasteiger partial charge on any atom is 0.263 e. The van der Waals surface area contributed by atoms with Crippen molar-refractivity contribution in [1.29, 1.82) is 0 Å². The van der Waals surface area contributed by atoms with Gasteiger partial charge in [0.15, 0.2) is 11.6 Å². The molecule has 6 aromatic rings. The molecule has 0 spiro atoms. The number of nitrogens with zero attached hydrogens (tertiary/aromatic N) is 5. The molecular formula is C45H53N9O7S2. The molecule has 0 bridgehead atoms. The van der Waals surface area contributed by atoms with Crippen LogP contribution in [0.2, 0.25) is 0 Å². The molecule has 3 aromatic carbocycles. The summed E-state index contributed by atoms with van der Waals surface area (Å²) in [5.41, 5.74) is 3.97. The van der Waals surface area contributed by atoms with Crippen LogP contribution >= 0.6 is 0 Å². The molecule has 2 saturated heterocycles. The van der Waals surface area contributed by atoms with Crippen LogP contribution in [0.4, 0.5) is 22.7 Å². The number of methoxy groups -OCH3 is 2. The number of hydrogen-bond donors (Lipinski definition) is 4. The Hall–Kier alpha value is -6.21. The molecule has 332 valence electrons. The number of nitrogens with one attached hydrogen (secondary N) is 4. The second-order valence-corrected chi connectivity index (χ2v) is 19.0. The number of anilines is 4. The number of rotatable bonds is 12. The first-order valence-corrected chi connectivity index (χ1v) is 23.5. The molecule has 0 saturated carbocycles. The van der Waals surface area contributed by atoms with Crippen LogP contribution < -0.4 is 39.4 Å². The number of pyridine rings is 1. The molecule has 16 nitrogen and oxygen atoms in total. The first-order chi connectivity index (χ1) is 30.2. The van der Waals surface area contributed by atoms with Crippen LogP contribution in [0, 0.1) is 0 Å². The molecule has 4 atom stereocenters. The second kappa shape index (κ2) is 19.5. The quantitative estimate of drug-likeness (QED) is 0.104. The highest BCUT2D eigenvalue weighted by Gasteiger charge is 2.25. The summed E-state index contributed by atoms with van der Waals surface area (Å²) in [5, 5.41) is 7.00. The molecule has 8 rings (SSSR count). The molecule has 5 heterocycles. The van der Waals surface area contributed by atoms with Crippen molar-refractivity contribution in [2.75, 3.05) is 59.6 Å². The number of sulfonamides is 2. The number of piperazine rings is 2. The van der Waals surface area contributed by atoms with Gasteiger partial charge in [-0.3, -0.25) is 14.4 Å². The molecule has 4 N–H and O–H groups in total. The standard InChI is InChI=1S/C23H27N5O3S.C22H26N4O4S/c1-16-14-28(15-17(2)26-16)19-7-10-22(31-3)21(13-19)27-32(29,30)20-8-5-18(6-9-20)23-24-11-4-12-25-23;1-15-13-26(14-16(2)24-15)17-6-9-21(29-3)20(11-17)25-31(27,28)18-7-8-19(23-12-18)22-5-4-10-30-22/h4-13,16-17,26-27H,14-15H2,1-3H3;4-12,15-16,24-25H,13-14H2,1-3H3/t16-,17+;15-,16+. The lowest BCUT2D eigenvalue weighted by Crippen LogP contribution is -2.54. The lowest BCUT2D eigenvalue weighted by molar-refractivity contribution is 0.406. The minimum absolute atomic E-state index is 0.0553. The van der Waals surface area contributed by atoms with Crippen molar-refractivity contribution in [2.24, 2.45) is 0 Å². The third-order valence-corrected chi connectivity index (χ3v) is 13.2. The maximum absolute atomic E-state index is 13.1. The number of furan rings is 1. The van der Waals surface area contributed by atoms with Crippen molar-refractivity contribution in [1.82, 2.24) is 25.6 Å². The van der Waals surface area contributed by atoms with Crippen LogP contribution in [0.5, 0.6) is 11.5 Å². The highest BCUT2D eigenvalue weighted by Crippen LogP contribution is 2.34. The van der Waals surface area contributed by atoms with Crippen molar-refractivity contribution in [2.45, 2.75) is 61.7 Å². The Kier molecular flexibility index (Phi) is 13.8. The topological polar surface area (TPSA) is 193 Å². The van der Waals surface area contributed by atoms with Gasteiger partial charge in [-0.25, -0.2) is 26.8 Å². The fraction of sp³-hybridized carbons (Fsp3) is 0.311. The molecule has 2 aliphatic rings. The smallest absolute Gasteiger partial charge is 0.263 e. The predicted octanol–water partition coefficient (Wildman–Crippen LogP) is 6.48. The van der Waals surface area contributed by atoms with E-state index < -0.39 is 20.0 Å². The largest absolute Gasteiger partial charge is 0.495 e. The predicted molar refractivity (Wildman–Crippen MR) is 246 cm³/mol. The van der Waals surface area contributed by atoms with Crippen molar-refractivity contribution < 1.29 is 30.7 Å². The van der Waals surface area contributed by atoms with E-state index in [0.717, 1.165) is 43.1 Å². The number of aromatic nitrogens is 3. The Morgan fingerprint density at radius 1 is 0.619 bits per heavy atom. The van der Waals surface area contributed by atoms with Crippen LogP contribution in [0.15, 0.2) is 130 Å². The highest BCUT2D eigenvalue weighted by molar-refractivity contribution is 7.93. The summed E-state index contributed by atoms with van der Waals surface area (Å²) in [6, 6.07) is 27.3. The summed E-state index contributed by atoms with van der Waals surface area (Å²) in [6.07, 6.45) is 6.15. The van der Waals surface area contributed by atoms with Crippen LogP contribution in [-0.4, -0.2) is 96.4 Å². The van der Waals surface area contributed by atoms with Gasteiger partial charge in [0.25, 0.3) is 20.0 Å². The first-order valence-electron chi connectivity index (χ1n) is 20.5. The average Bonchev–Trinajstić information content (AvgIpc) is 3.82. The second-order valence-electron chi connectivity index (χ2n) is 15.7. The van der Waals surface area contributed by atoms with Gasteiger partial charge in [0, 0.05) is 85.9 Å². The van der Waals surface area contributed by atoms with E-state index in [2.05, 4.69) is 72.5 Å². The Morgan fingerprint density at radius 2 is 1.11 bits per heavy atom. The molecule has 0 unspecified atom stereocenters. The third-order valence-electron chi connectivity index (χ3n) is 10.5. The minimum Gasteiger partial charge on any atom is -0.495 e. The lowest BCUT2D eigenvalue weighted by atomic mass is 10.1. The van der Waals surface area contributed by atoms with Gasteiger partial charge in [0.2, 0.25) is 0 Å². The van der Waals surface area contributed by atoms with Crippen molar-refractivity contribution in [3.8, 4) is 34.3 Å². The van der Waals surface area contributed by atoms with Gasteiger partial charge in [-0.1, -0.05) is 0 Å². The van der Waals surface area contributed by atoms with Crippen LogP contribution in [0.1, 0.15) is 27.7 Å². The van der Waals surface area contributed by atoms with E-state index in [9.17, 15) is 16.8 Å². The number of hydrogen-bond acceptors (Lipinski definition) is 14. The van der Waals surface area contributed by atoms with Gasteiger partial charge < -0.3 is 34.3 Å². The van der Waals surface area contributed by atoms with Gasteiger partial charge in [0.1, 0.15) is 22.1 Å².